The molecule has 0 radical (unpaired) electrons. The van der Waals surface area contributed by atoms with E-state index in [-0.39, 0.29) is 23.7 Å². The minimum absolute atomic E-state index is 0.0255. The molecule has 9 nitrogen and oxygen atoms in total. The van der Waals surface area contributed by atoms with Crippen molar-refractivity contribution in [3.8, 4) is 0 Å². The van der Waals surface area contributed by atoms with Gasteiger partial charge in [-0.3, -0.25) is 4.79 Å². The maximum atomic E-state index is 13.9. The van der Waals surface area contributed by atoms with Crippen molar-refractivity contribution >= 4 is 17.4 Å². The van der Waals surface area contributed by atoms with Crippen LogP contribution in [0, 0.1) is 36.7 Å². The highest BCUT2D eigenvalue weighted by Crippen LogP contribution is 2.21. The highest BCUT2D eigenvalue weighted by atomic mass is 19.1. The third-order valence-corrected chi connectivity index (χ3v) is 4.03. The van der Waals surface area contributed by atoms with Gasteiger partial charge in [-0.25, -0.2) is 4.39 Å². The van der Waals surface area contributed by atoms with E-state index in [0.29, 0.717) is 17.0 Å². The van der Waals surface area contributed by atoms with Crippen LogP contribution in [0.1, 0.15) is 33.1 Å². The van der Waals surface area contributed by atoms with Gasteiger partial charge in [0.15, 0.2) is 5.69 Å². The van der Waals surface area contributed by atoms with Gasteiger partial charge in [0.2, 0.25) is 0 Å². The molecule has 2 heterocycles. The number of halogens is 1. The molecule has 140 valence electrons. The number of aromatic nitrogens is 3. The number of carbonyl (C=O) groups excluding carboxylic acids is 1. The van der Waals surface area contributed by atoms with Gasteiger partial charge in [0.05, 0.1) is 34.7 Å². The number of anilines is 1. The second-order valence-corrected chi connectivity index (χ2v) is 6.06. The second kappa shape index (κ2) is 6.98. The summed E-state index contributed by atoms with van der Waals surface area (Å²) in [4.78, 5) is 22.8. The quantitative estimate of drug-likeness (QED) is 0.542. The molecule has 0 atom stereocenters. The van der Waals surface area contributed by atoms with Crippen molar-refractivity contribution < 1.29 is 18.6 Å². The predicted octanol–water partition coefficient (Wildman–Crippen LogP) is 3.14. The van der Waals surface area contributed by atoms with E-state index >= 15 is 0 Å². The molecular weight excluding hydrogens is 357 g/mol. The molecule has 0 fully saturated rings. The fourth-order valence-corrected chi connectivity index (χ4v) is 2.56. The van der Waals surface area contributed by atoms with Crippen LogP contribution < -0.4 is 5.32 Å². The lowest BCUT2D eigenvalue weighted by Crippen LogP contribution is -2.17. The van der Waals surface area contributed by atoms with Crippen LogP contribution >= 0.6 is 0 Å². The van der Waals surface area contributed by atoms with Crippen LogP contribution in [-0.2, 0) is 6.54 Å². The van der Waals surface area contributed by atoms with Crippen LogP contribution in [0.3, 0.4) is 0 Å². The molecule has 0 bridgehead atoms. The van der Waals surface area contributed by atoms with Gasteiger partial charge < -0.3 is 20.0 Å². The summed E-state index contributed by atoms with van der Waals surface area (Å²) >= 11 is 0. The highest BCUT2D eigenvalue weighted by Gasteiger charge is 2.24. The number of rotatable bonds is 5. The normalized spacial score (nSPS) is 10.8. The van der Waals surface area contributed by atoms with Crippen molar-refractivity contribution in [3.63, 3.8) is 0 Å². The van der Waals surface area contributed by atoms with Crippen molar-refractivity contribution in [2.45, 2.75) is 27.3 Å². The lowest BCUT2D eigenvalue weighted by molar-refractivity contribution is -0.389. The Labute approximate surface area is 152 Å². The lowest BCUT2D eigenvalue weighted by atomic mass is 10.1. The zero-order valence-corrected chi connectivity index (χ0v) is 14.8. The molecule has 0 spiro atoms. The number of aryl methyl sites for hydroxylation is 3. The molecule has 1 N–H and O–H groups in total. The van der Waals surface area contributed by atoms with Gasteiger partial charge in [0.1, 0.15) is 11.6 Å². The van der Waals surface area contributed by atoms with Crippen molar-refractivity contribution in [2.75, 3.05) is 5.32 Å². The molecule has 27 heavy (non-hydrogen) atoms. The van der Waals surface area contributed by atoms with Crippen LogP contribution in [0.25, 0.3) is 0 Å². The first-order valence-electron chi connectivity index (χ1n) is 7.97. The Morgan fingerprint density at radius 3 is 2.74 bits per heavy atom. The summed E-state index contributed by atoms with van der Waals surface area (Å²) < 4.78 is 20.4. The summed E-state index contributed by atoms with van der Waals surface area (Å²) in [6.45, 7) is 5.09. The fourth-order valence-electron chi connectivity index (χ4n) is 2.56. The molecule has 3 aromatic rings. The topological polar surface area (TPSA) is 116 Å². The van der Waals surface area contributed by atoms with E-state index < -0.39 is 16.6 Å². The van der Waals surface area contributed by atoms with Crippen LogP contribution in [-0.4, -0.2) is 25.8 Å². The summed E-state index contributed by atoms with van der Waals surface area (Å²) in [6.07, 6.45) is 0. The van der Waals surface area contributed by atoms with E-state index in [0.717, 1.165) is 5.56 Å². The lowest BCUT2D eigenvalue weighted by Gasteiger charge is -2.07. The van der Waals surface area contributed by atoms with Crippen LogP contribution in [0.2, 0.25) is 0 Å². The number of hydrogen-bond donors (Lipinski definition) is 1. The third-order valence-electron chi connectivity index (χ3n) is 4.03. The molecular formula is C17H16FN5O4. The van der Waals surface area contributed by atoms with Crippen molar-refractivity contribution in [1.29, 1.82) is 0 Å². The number of carbonyl (C=O) groups is 1. The zero-order chi connectivity index (χ0) is 19.7. The zero-order valence-electron chi connectivity index (χ0n) is 14.8. The van der Waals surface area contributed by atoms with Gasteiger partial charge in [-0.2, -0.15) is 4.68 Å². The molecule has 0 aliphatic carbocycles. The van der Waals surface area contributed by atoms with Gasteiger partial charge in [-0.15, -0.1) is 0 Å². The molecule has 0 aliphatic rings. The van der Waals surface area contributed by atoms with Gasteiger partial charge in [-0.05, 0) is 43.4 Å². The van der Waals surface area contributed by atoms with E-state index in [1.807, 2.05) is 0 Å². The molecule has 0 saturated carbocycles. The molecule has 3 rings (SSSR count). The Balaban J connectivity index is 1.89. The maximum Gasteiger partial charge on any atom is 0.390 e. The number of nitro groups is 1. The molecule has 0 saturated heterocycles. The molecule has 1 aromatic carbocycles. The number of nitrogens with one attached hydrogen (secondary N) is 1. The Kier molecular flexibility index (Phi) is 4.72. The largest absolute Gasteiger partial charge is 0.390 e. The van der Waals surface area contributed by atoms with Crippen molar-refractivity contribution in [2.24, 2.45) is 0 Å². The summed E-state index contributed by atoms with van der Waals surface area (Å²) in [5.41, 5.74) is 1.71. The molecule has 0 unspecified atom stereocenters. The van der Waals surface area contributed by atoms with E-state index in [2.05, 4.69) is 15.6 Å². The minimum Gasteiger partial charge on any atom is -0.361 e. The maximum absolute atomic E-state index is 13.9. The van der Waals surface area contributed by atoms with E-state index in [1.54, 1.807) is 26.8 Å². The van der Waals surface area contributed by atoms with Crippen LogP contribution in [0.4, 0.5) is 15.9 Å². The molecule has 2 aromatic heterocycles. The summed E-state index contributed by atoms with van der Waals surface area (Å²) in [5.74, 6) is -1.16. The smallest absolute Gasteiger partial charge is 0.361 e. The van der Waals surface area contributed by atoms with Crippen LogP contribution in [0.5, 0.6) is 0 Å². The Hall–Kier alpha value is -3.56. The van der Waals surface area contributed by atoms with E-state index in [9.17, 15) is 19.3 Å². The second-order valence-electron chi connectivity index (χ2n) is 6.06. The Morgan fingerprint density at radius 2 is 2.07 bits per heavy atom. The average molecular weight is 373 g/mol. The summed E-state index contributed by atoms with van der Waals surface area (Å²) in [5, 5.41) is 21.0. The van der Waals surface area contributed by atoms with Gasteiger partial charge >= 0.3 is 5.82 Å². The van der Waals surface area contributed by atoms with Crippen molar-refractivity contribution in [1.82, 2.24) is 14.9 Å². The van der Waals surface area contributed by atoms with Crippen LogP contribution in [0.15, 0.2) is 28.8 Å². The number of hydrogen-bond acceptors (Lipinski definition) is 6. The molecule has 1 amide bonds. The first-order chi connectivity index (χ1) is 12.8. The Bertz CT molecular complexity index is 1040. The third kappa shape index (κ3) is 3.68. The van der Waals surface area contributed by atoms with Gasteiger partial charge in [-0.1, -0.05) is 11.2 Å². The first-order valence-corrected chi connectivity index (χ1v) is 7.97. The fraction of sp³-hybridized carbons (Fsp3) is 0.235. The van der Waals surface area contributed by atoms with Gasteiger partial charge in [0, 0.05) is 0 Å². The number of amides is 1. The first kappa shape index (κ1) is 18.2. The van der Waals surface area contributed by atoms with E-state index in [4.69, 9.17) is 4.52 Å². The number of nitrogens with zero attached hydrogens (tertiary/aromatic N) is 4. The SMILES string of the molecule is Cc1ccc(F)c(NC(=O)c2noc(C)c2Cn2nc([N+](=O)[O-])cc2C)c1. The van der Waals surface area contributed by atoms with Gasteiger partial charge in [0.25, 0.3) is 5.91 Å². The summed E-state index contributed by atoms with van der Waals surface area (Å²) in [6, 6.07) is 5.67. The summed E-state index contributed by atoms with van der Waals surface area (Å²) in [7, 11) is 0. The average Bonchev–Trinajstić information content (AvgIpc) is 3.15. The van der Waals surface area contributed by atoms with Crippen molar-refractivity contribution in [3.05, 3.63) is 68.5 Å². The molecule has 0 aliphatic heterocycles. The monoisotopic (exact) mass is 373 g/mol. The standard InChI is InChI=1S/C17H16FN5O4/c1-9-4-5-13(18)14(6-9)19-17(24)16-12(11(3)27-21-16)8-22-10(2)7-15(20-22)23(25)26/h4-7H,8H2,1-3H3,(H,19,24). The Morgan fingerprint density at radius 1 is 1.33 bits per heavy atom. The predicted molar refractivity (Wildman–Crippen MR) is 93.1 cm³/mol. The molecule has 10 heteroatoms. The minimum atomic E-state index is -0.648. The number of benzene rings is 1. The van der Waals surface area contributed by atoms with E-state index in [1.165, 1.54) is 22.9 Å². The highest BCUT2D eigenvalue weighted by molar-refractivity contribution is 6.04.